The van der Waals surface area contributed by atoms with Crippen molar-refractivity contribution in [2.24, 2.45) is 0 Å². The zero-order valence-corrected chi connectivity index (χ0v) is 20.0. The molecule has 0 unspecified atom stereocenters. The second-order valence-corrected chi connectivity index (χ2v) is 9.45. The lowest BCUT2D eigenvalue weighted by Crippen LogP contribution is -2.04. The molecule has 0 aliphatic heterocycles. The van der Waals surface area contributed by atoms with Crippen molar-refractivity contribution in [3.8, 4) is 17.2 Å². The zero-order valence-electron chi connectivity index (χ0n) is 20.0. The third kappa shape index (κ3) is 2.95. The summed E-state index contributed by atoms with van der Waals surface area (Å²) in [4.78, 5) is 10.5. The van der Waals surface area contributed by atoms with Crippen LogP contribution < -0.4 is 0 Å². The maximum atomic E-state index is 5.32. The molecule has 3 nitrogen and oxygen atoms in total. The molecule has 0 N–H and O–H groups in total. The van der Waals surface area contributed by atoms with E-state index >= 15 is 0 Å². The summed E-state index contributed by atoms with van der Waals surface area (Å²) < 4.78 is 2.24. The van der Waals surface area contributed by atoms with Gasteiger partial charge in [0.15, 0.2) is 0 Å². The minimum absolute atomic E-state index is 0.684. The number of hydrogen-bond acceptors (Lipinski definition) is 2. The van der Waals surface area contributed by atoms with E-state index in [-0.39, 0.29) is 0 Å². The molecule has 2 aromatic heterocycles. The molecular formula is C34H21N3. The van der Waals surface area contributed by atoms with E-state index in [1.54, 1.807) is 0 Å². The Morgan fingerprint density at radius 1 is 0.432 bits per heavy atom. The van der Waals surface area contributed by atoms with E-state index in [0.717, 1.165) is 33.2 Å². The quantitative estimate of drug-likeness (QED) is 0.252. The van der Waals surface area contributed by atoms with Crippen LogP contribution in [0.3, 0.4) is 0 Å². The van der Waals surface area contributed by atoms with Crippen LogP contribution in [0.5, 0.6) is 0 Å². The van der Waals surface area contributed by atoms with E-state index in [4.69, 9.17) is 9.97 Å². The first-order chi connectivity index (χ1) is 18.4. The number of para-hydroxylation sites is 2. The summed E-state index contributed by atoms with van der Waals surface area (Å²) in [6.07, 6.45) is 0. The predicted octanol–water partition coefficient (Wildman–Crippen LogP) is 8.70. The maximum Gasteiger partial charge on any atom is 0.235 e. The van der Waals surface area contributed by atoms with Crippen molar-refractivity contribution in [1.29, 1.82) is 0 Å². The van der Waals surface area contributed by atoms with Gasteiger partial charge in [-0.15, -0.1) is 0 Å². The molecule has 37 heavy (non-hydrogen) atoms. The van der Waals surface area contributed by atoms with Crippen molar-refractivity contribution in [3.05, 3.63) is 127 Å². The molecule has 0 atom stereocenters. The molecule has 0 bridgehead atoms. The van der Waals surface area contributed by atoms with Gasteiger partial charge >= 0.3 is 0 Å². The molecule has 0 aliphatic carbocycles. The van der Waals surface area contributed by atoms with E-state index < -0.39 is 0 Å². The SMILES string of the molecule is c1ccc2c(-c3nc(-n4c5ccccc5c5ccc6ccccc6c54)nc4ccccc34)cccc2c1. The van der Waals surface area contributed by atoms with Gasteiger partial charge < -0.3 is 0 Å². The molecule has 3 heteroatoms. The van der Waals surface area contributed by atoms with Gasteiger partial charge in [-0.2, -0.15) is 0 Å². The summed E-state index contributed by atoms with van der Waals surface area (Å²) in [7, 11) is 0. The number of fused-ring (bicyclic) bond motifs is 7. The average Bonchev–Trinajstić information content (AvgIpc) is 3.31. The Kier molecular flexibility index (Phi) is 4.23. The average molecular weight is 472 g/mol. The van der Waals surface area contributed by atoms with Crippen molar-refractivity contribution in [1.82, 2.24) is 14.5 Å². The Morgan fingerprint density at radius 3 is 1.95 bits per heavy atom. The van der Waals surface area contributed by atoms with Crippen LogP contribution in [-0.4, -0.2) is 14.5 Å². The van der Waals surface area contributed by atoms with Gasteiger partial charge in [-0.3, -0.25) is 4.57 Å². The highest BCUT2D eigenvalue weighted by Crippen LogP contribution is 2.38. The highest BCUT2D eigenvalue weighted by atomic mass is 15.2. The molecule has 8 aromatic rings. The lowest BCUT2D eigenvalue weighted by molar-refractivity contribution is 1.02. The molecule has 0 amide bonds. The van der Waals surface area contributed by atoms with E-state index in [2.05, 4.69) is 126 Å². The van der Waals surface area contributed by atoms with Gasteiger partial charge in [0.05, 0.1) is 22.2 Å². The Morgan fingerprint density at radius 2 is 1.08 bits per heavy atom. The first kappa shape index (κ1) is 20.2. The largest absolute Gasteiger partial charge is 0.277 e. The topological polar surface area (TPSA) is 30.7 Å². The summed E-state index contributed by atoms with van der Waals surface area (Å²) in [5.41, 5.74) is 5.24. The molecule has 0 fully saturated rings. The molecule has 8 rings (SSSR count). The number of rotatable bonds is 2. The van der Waals surface area contributed by atoms with Crippen LogP contribution in [0.15, 0.2) is 127 Å². The monoisotopic (exact) mass is 471 g/mol. The van der Waals surface area contributed by atoms with E-state index in [1.165, 1.54) is 32.3 Å². The first-order valence-electron chi connectivity index (χ1n) is 12.5. The molecular weight excluding hydrogens is 450 g/mol. The van der Waals surface area contributed by atoms with Crippen LogP contribution >= 0.6 is 0 Å². The molecule has 6 aromatic carbocycles. The predicted molar refractivity (Wildman–Crippen MR) is 154 cm³/mol. The molecule has 0 saturated carbocycles. The van der Waals surface area contributed by atoms with Crippen molar-refractivity contribution < 1.29 is 0 Å². The summed E-state index contributed by atoms with van der Waals surface area (Å²) >= 11 is 0. The van der Waals surface area contributed by atoms with Crippen molar-refractivity contribution in [2.45, 2.75) is 0 Å². The standard InChI is InChI=1S/C34H21N3/c1-3-13-24-22(10-1)12-9-17-27(24)32-29-16-5-7-18-30(29)35-34(36-32)37-31-19-8-6-15-26(31)28-21-20-23-11-2-4-14-25(23)33(28)37/h1-21H. The second-order valence-electron chi connectivity index (χ2n) is 9.45. The molecule has 0 saturated heterocycles. The summed E-state index contributed by atoms with van der Waals surface area (Å²) in [6, 6.07) is 44.8. The number of benzene rings is 6. The Hall–Kier alpha value is -5.02. The lowest BCUT2D eigenvalue weighted by Gasteiger charge is -2.13. The highest BCUT2D eigenvalue weighted by molar-refractivity contribution is 6.18. The van der Waals surface area contributed by atoms with E-state index in [9.17, 15) is 0 Å². The minimum atomic E-state index is 0.684. The summed E-state index contributed by atoms with van der Waals surface area (Å²) in [6.45, 7) is 0. The van der Waals surface area contributed by atoms with Gasteiger partial charge in [-0.25, -0.2) is 9.97 Å². The Labute approximate surface area is 213 Å². The first-order valence-corrected chi connectivity index (χ1v) is 12.5. The van der Waals surface area contributed by atoms with Gasteiger partial charge in [-0.05, 0) is 28.3 Å². The van der Waals surface area contributed by atoms with Gasteiger partial charge in [0.2, 0.25) is 5.95 Å². The number of hydrogen-bond donors (Lipinski definition) is 0. The van der Waals surface area contributed by atoms with Crippen molar-refractivity contribution >= 4 is 54.3 Å². The third-order valence-electron chi connectivity index (χ3n) is 7.40. The van der Waals surface area contributed by atoms with Crippen LogP contribution in [0.4, 0.5) is 0 Å². The smallest absolute Gasteiger partial charge is 0.235 e. The third-order valence-corrected chi connectivity index (χ3v) is 7.40. The fourth-order valence-electron chi connectivity index (χ4n) is 5.74. The van der Waals surface area contributed by atoms with E-state index in [1.807, 2.05) is 6.07 Å². The number of aromatic nitrogens is 3. The minimum Gasteiger partial charge on any atom is -0.277 e. The fourth-order valence-corrected chi connectivity index (χ4v) is 5.74. The zero-order chi connectivity index (χ0) is 24.3. The van der Waals surface area contributed by atoms with Gasteiger partial charge in [0, 0.05) is 27.1 Å². The summed E-state index contributed by atoms with van der Waals surface area (Å²) in [5, 5.41) is 8.24. The van der Waals surface area contributed by atoms with Crippen LogP contribution in [0.1, 0.15) is 0 Å². The molecule has 2 heterocycles. The van der Waals surface area contributed by atoms with Gasteiger partial charge in [0.1, 0.15) is 0 Å². The number of nitrogens with zero attached hydrogens (tertiary/aromatic N) is 3. The van der Waals surface area contributed by atoms with Crippen LogP contribution in [0, 0.1) is 0 Å². The summed E-state index contributed by atoms with van der Waals surface area (Å²) in [5.74, 6) is 0.684. The van der Waals surface area contributed by atoms with Crippen LogP contribution in [-0.2, 0) is 0 Å². The maximum absolute atomic E-state index is 5.32. The highest BCUT2D eigenvalue weighted by Gasteiger charge is 2.19. The normalized spacial score (nSPS) is 11.8. The molecule has 172 valence electrons. The molecule has 0 radical (unpaired) electrons. The van der Waals surface area contributed by atoms with Gasteiger partial charge in [0.25, 0.3) is 0 Å². The Balaban J connectivity index is 1.55. The fraction of sp³-hybridized carbons (Fsp3) is 0. The van der Waals surface area contributed by atoms with Crippen molar-refractivity contribution in [2.75, 3.05) is 0 Å². The second kappa shape index (κ2) is 7.74. The molecule has 0 aliphatic rings. The van der Waals surface area contributed by atoms with Gasteiger partial charge in [-0.1, -0.05) is 115 Å². The lowest BCUT2D eigenvalue weighted by atomic mass is 9.99. The Bertz CT molecular complexity index is 2150. The van der Waals surface area contributed by atoms with Crippen LogP contribution in [0.2, 0.25) is 0 Å². The van der Waals surface area contributed by atoms with E-state index in [0.29, 0.717) is 5.95 Å². The van der Waals surface area contributed by atoms with Crippen molar-refractivity contribution in [3.63, 3.8) is 0 Å². The van der Waals surface area contributed by atoms with Crippen LogP contribution in [0.25, 0.3) is 71.5 Å². The molecule has 0 spiro atoms.